The van der Waals surface area contributed by atoms with Crippen molar-refractivity contribution >= 4 is 30.1 Å². The Labute approximate surface area is 141 Å². The van der Waals surface area contributed by atoms with Crippen molar-refractivity contribution in [3.63, 3.8) is 0 Å². The van der Waals surface area contributed by atoms with Gasteiger partial charge in [0, 0.05) is 31.6 Å². The molecule has 1 aromatic rings. The monoisotopic (exact) mass is 348 g/mol. The van der Waals surface area contributed by atoms with Gasteiger partial charge in [-0.2, -0.15) is 16.9 Å². The van der Waals surface area contributed by atoms with Crippen LogP contribution in [0.2, 0.25) is 0 Å². The second-order valence-electron chi connectivity index (χ2n) is 5.13. The maximum absolute atomic E-state index is 12.0. The minimum atomic E-state index is -0.111. The first kappa shape index (κ1) is 19.3. The average Bonchev–Trinajstić information content (AvgIpc) is 3.01. The highest BCUT2D eigenvalue weighted by molar-refractivity contribution is 7.99. The van der Waals surface area contributed by atoms with Crippen molar-refractivity contribution in [1.29, 1.82) is 0 Å². The van der Waals surface area contributed by atoms with Gasteiger partial charge in [-0.25, -0.2) is 0 Å². The Morgan fingerprint density at radius 3 is 3.14 bits per heavy atom. The highest BCUT2D eigenvalue weighted by atomic mass is 35.5. The molecule has 1 unspecified atom stereocenters. The summed E-state index contributed by atoms with van der Waals surface area (Å²) in [5.41, 5.74) is 0.487. The lowest BCUT2D eigenvalue weighted by atomic mass is 10.1. The summed E-state index contributed by atoms with van der Waals surface area (Å²) in [6, 6.07) is 2.14. The zero-order valence-corrected chi connectivity index (χ0v) is 14.3. The van der Waals surface area contributed by atoms with Gasteiger partial charge in [0.05, 0.1) is 6.04 Å². The Hall–Kier alpha value is -0.760. The van der Waals surface area contributed by atoms with Crippen molar-refractivity contribution in [2.45, 2.75) is 25.3 Å². The molecule has 0 spiro atoms. The van der Waals surface area contributed by atoms with Crippen LogP contribution in [-0.4, -0.2) is 58.5 Å². The molecule has 1 aliphatic heterocycles. The van der Waals surface area contributed by atoms with E-state index in [1.165, 1.54) is 0 Å². The molecule has 1 fully saturated rings. The van der Waals surface area contributed by atoms with E-state index in [0.717, 1.165) is 43.9 Å². The molecule has 1 amide bonds. The number of rotatable bonds is 8. The molecule has 0 saturated carbocycles. The number of thioether (sulfide) groups is 1. The lowest BCUT2D eigenvalue weighted by molar-refractivity contribution is 0.0950. The first-order valence-electron chi connectivity index (χ1n) is 7.54. The van der Waals surface area contributed by atoms with E-state index in [1.807, 2.05) is 10.9 Å². The molecule has 126 valence electrons. The molecule has 2 heterocycles. The summed E-state index contributed by atoms with van der Waals surface area (Å²) < 4.78 is 1.90. The normalized spacial score (nSPS) is 17.8. The van der Waals surface area contributed by atoms with Crippen molar-refractivity contribution in [2.24, 2.45) is 0 Å². The van der Waals surface area contributed by atoms with Gasteiger partial charge < -0.3 is 15.7 Å². The molecule has 1 aromatic heterocycles. The smallest absolute Gasteiger partial charge is 0.271 e. The Bertz CT molecular complexity index is 438. The fourth-order valence-electron chi connectivity index (χ4n) is 2.32. The van der Waals surface area contributed by atoms with E-state index in [-0.39, 0.29) is 24.9 Å². The minimum absolute atomic E-state index is 0. The third kappa shape index (κ3) is 6.16. The van der Waals surface area contributed by atoms with Gasteiger partial charge in [-0.05, 0) is 37.6 Å². The lowest BCUT2D eigenvalue weighted by Crippen LogP contribution is -2.32. The molecule has 1 aliphatic rings. The summed E-state index contributed by atoms with van der Waals surface area (Å²) in [4.78, 5) is 12.0. The topological polar surface area (TPSA) is 79.2 Å². The number of hydrogen-bond acceptors (Lipinski definition) is 5. The highest BCUT2D eigenvalue weighted by Crippen LogP contribution is 2.15. The number of aliphatic hydroxyl groups is 1. The fraction of sp³-hybridized carbons (Fsp3) is 0.714. The number of aromatic nitrogens is 2. The van der Waals surface area contributed by atoms with Crippen LogP contribution in [0.1, 0.15) is 35.8 Å². The van der Waals surface area contributed by atoms with Crippen LogP contribution in [0.5, 0.6) is 0 Å². The van der Waals surface area contributed by atoms with E-state index in [1.54, 1.807) is 17.8 Å². The summed E-state index contributed by atoms with van der Waals surface area (Å²) in [7, 11) is 0. The maximum atomic E-state index is 12.0. The number of nitrogens with one attached hydrogen (secondary N) is 2. The fourth-order valence-corrected chi connectivity index (χ4v) is 3.10. The summed E-state index contributed by atoms with van der Waals surface area (Å²) in [5, 5.41) is 19.3. The van der Waals surface area contributed by atoms with Crippen LogP contribution in [-0.2, 0) is 0 Å². The Kier molecular flexibility index (Phi) is 9.54. The molecule has 0 aromatic carbocycles. The molecule has 3 N–H and O–H groups in total. The minimum Gasteiger partial charge on any atom is -0.396 e. The molecule has 8 heteroatoms. The third-order valence-electron chi connectivity index (χ3n) is 3.46. The van der Waals surface area contributed by atoms with Gasteiger partial charge in [0.15, 0.2) is 0 Å². The van der Waals surface area contributed by atoms with E-state index < -0.39 is 0 Å². The van der Waals surface area contributed by atoms with Crippen LogP contribution in [0.25, 0.3) is 0 Å². The molecular formula is C14H25ClN4O2S. The maximum Gasteiger partial charge on any atom is 0.271 e. The first-order valence-corrected chi connectivity index (χ1v) is 8.69. The van der Waals surface area contributed by atoms with Crippen molar-refractivity contribution in [3.05, 3.63) is 18.0 Å². The second-order valence-corrected chi connectivity index (χ2v) is 6.35. The van der Waals surface area contributed by atoms with Crippen LogP contribution in [0.4, 0.5) is 0 Å². The third-order valence-corrected chi connectivity index (χ3v) is 4.53. The number of piperidine rings is 1. The molecule has 0 radical (unpaired) electrons. The number of carbonyl (C=O) groups is 1. The number of hydrogen-bond donors (Lipinski definition) is 3. The summed E-state index contributed by atoms with van der Waals surface area (Å²) >= 11 is 1.73. The molecule has 0 bridgehead atoms. The lowest BCUT2D eigenvalue weighted by Gasteiger charge is -2.22. The highest BCUT2D eigenvalue weighted by Gasteiger charge is 2.17. The first-order chi connectivity index (χ1) is 10.3. The summed E-state index contributed by atoms with van der Waals surface area (Å²) in [6.45, 7) is 2.85. The quantitative estimate of drug-likeness (QED) is 0.612. The number of carbonyl (C=O) groups excluding carboxylic acids is 1. The van der Waals surface area contributed by atoms with Gasteiger partial charge in [0.2, 0.25) is 0 Å². The predicted octanol–water partition coefficient (Wildman–Crippen LogP) is 1.07. The summed E-state index contributed by atoms with van der Waals surface area (Å²) in [6.07, 6.45) is 4.95. The standard InChI is InChI=1S/C14H24N4O2S.ClH/c19-8-2-9-21-10-6-16-14(20)13-4-7-18(17-13)12-3-1-5-15-11-12;/h4,7,12,15,19H,1-3,5-6,8-11H2,(H,16,20);1H. The zero-order valence-electron chi connectivity index (χ0n) is 12.7. The van der Waals surface area contributed by atoms with Crippen LogP contribution in [0.15, 0.2) is 12.3 Å². The van der Waals surface area contributed by atoms with Gasteiger partial charge in [0.25, 0.3) is 5.91 Å². The molecule has 22 heavy (non-hydrogen) atoms. The number of nitrogens with zero attached hydrogens (tertiary/aromatic N) is 2. The van der Waals surface area contributed by atoms with Crippen LogP contribution < -0.4 is 10.6 Å². The van der Waals surface area contributed by atoms with Gasteiger partial charge in [-0.15, -0.1) is 12.4 Å². The second kappa shape index (κ2) is 10.9. The SMILES string of the molecule is Cl.O=C(NCCSCCCO)c1ccn(C2CCCNC2)n1. The van der Waals surface area contributed by atoms with Crippen molar-refractivity contribution in [3.8, 4) is 0 Å². The van der Waals surface area contributed by atoms with Crippen LogP contribution in [0.3, 0.4) is 0 Å². The van der Waals surface area contributed by atoms with E-state index >= 15 is 0 Å². The van der Waals surface area contributed by atoms with E-state index in [0.29, 0.717) is 18.3 Å². The van der Waals surface area contributed by atoms with Crippen molar-refractivity contribution < 1.29 is 9.90 Å². The number of halogens is 1. The zero-order chi connectivity index (χ0) is 14.9. The van der Waals surface area contributed by atoms with Gasteiger partial charge in [-0.1, -0.05) is 0 Å². The van der Waals surface area contributed by atoms with Crippen molar-refractivity contribution in [2.75, 3.05) is 37.7 Å². The largest absolute Gasteiger partial charge is 0.396 e. The molecule has 2 rings (SSSR count). The van der Waals surface area contributed by atoms with E-state index in [4.69, 9.17) is 5.11 Å². The Morgan fingerprint density at radius 2 is 2.41 bits per heavy atom. The molecular weight excluding hydrogens is 324 g/mol. The van der Waals surface area contributed by atoms with Crippen LogP contribution in [0, 0.1) is 0 Å². The van der Waals surface area contributed by atoms with E-state index in [9.17, 15) is 4.79 Å². The average molecular weight is 349 g/mol. The van der Waals surface area contributed by atoms with Crippen LogP contribution >= 0.6 is 24.2 Å². The van der Waals surface area contributed by atoms with Crippen molar-refractivity contribution in [1.82, 2.24) is 20.4 Å². The summed E-state index contributed by atoms with van der Waals surface area (Å²) in [5.74, 6) is 1.68. The van der Waals surface area contributed by atoms with E-state index in [2.05, 4.69) is 15.7 Å². The molecule has 6 nitrogen and oxygen atoms in total. The van der Waals surface area contributed by atoms with Gasteiger partial charge >= 0.3 is 0 Å². The number of aliphatic hydroxyl groups excluding tert-OH is 1. The molecule has 1 atom stereocenters. The predicted molar refractivity (Wildman–Crippen MR) is 92.0 cm³/mol. The van der Waals surface area contributed by atoms with Gasteiger partial charge in [0.1, 0.15) is 5.69 Å². The van der Waals surface area contributed by atoms with Gasteiger partial charge in [-0.3, -0.25) is 9.48 Å². The number of amides is 1. The Morgan fingerprint density at radius 1 is 1.55 bits per heavy atom. The Balaban J connectivity index is 0.00000242. The molecule has 0 aliphatic carbocycles. The molecule has 1 saturated heterocycles.